The van der Waals surface area contributed by atoms with Gasteiger partial charge in [0.15, 0.2) is 0 Å². The van der Waals surface area contributed by atoms with E-state index in [2.05, 4.69) is 18.6 Å². The van der Waals surface area contributed by atoms with Crippen molar-refractivity contribution in [3.05, 3.63) is 29.8 Å². The molecule has 1 aromatic carbocycles. The summed E-state index contributed by atoms with van der Waals surface area (Å²) < 4.78 is 26.5. The van der Waals surface area contributed by atoms with Crippen molar-refractivity contribution in [2.24, 2.45) is 11.3 Å². The number of nitrogens with two attached hydrogens (primary N) is 1. The summed E-state index contributed by atoms with van der Waals surface area (Å²) in [6.45, 7) is 4.85. The molecular formula is C13H20N2O2S. The first kappa shape index (κ1) is 13.4. The van der Waals surface area contributed by atoms with Crippen molar-refractivity contribution in [2.75, 3.05) is 12.3 Å². The van der Waals surface area contributed by atoms with E-state index < -0.39 is 10.0 Å². The number of anilines is 1. The lowest BCUT2D eigenvalue weighted by Crippen LogP contribution is -2.28. The van der Waals surface area contributed by atoms with E-state index in [1.54, 1.807) is 24.3 Å². The van der Waals surface area contributed by atoms with E-state index >= 15 is 0 Å². The molecule has 0 aliphatic heterocycles. The maximum absolute atomic E-state index is 11.9. The fraction of sp³-hybridized carbons (Fsp3) is 0.538. The molecule has 0 spiro atoms. The maximum atomic E-state index is 11.9. The number of nitrogen functional groups attached to an aromatic ring is 1. The van der Waals surface area contributed by atoms with Crippen molar-refractivity contribution in [2.45, 2.75) is 26.0 Å². The predicted octanol–water partition coefficient (Wildman–Crippen LogP) is 1.73. The predicted molar refractivity (Wildman–Crippen MR) is 73.4 cm³/mol. The second-order valence-electron chi connectivity index (χ2n) is 5.74. The molecule has 4 nitrogen and oxygen atoms in total. The molecule has 1 atom stereocenters. The van der Waals surface area contributed by atoms with E-state index in [0.717, 1.165) is 12.0 Å². The Balaban J connectivity index is 1.91. The minimum atomic E-state index is -3.26. The zero-order chi connectivity index (χ0) is 13.4. The van der Waals surface area contributed by atoms with Crippen LogP contribution < -0.4 is 10.5 Å². The van der Waals surface area contributed by atoms with E-state index in [-0.39, 0.29) is 5.75 Å². The molecule has 1 saturated carbocycles. The lowest BCUT2D eigenvalue weighted by atomic mass is 10.1. The Kier molecular flexibility index (Phi) is 3.38. The van der Waals surface area contributed by atoms with Gasteiger partial charge in [0, 0.05) is 12.2 Å². The molecule has 1 aliphatic carbocycles. The summed E-state index contributed by atoms with van der Waals surface area (Å²) in [5.74, 6) is 0.457. The summed E-state index contributed by atoms with van der Waals surface area (Å²) in [6, 6.07) is 6.98. The average Bonchev–Trinajstić information content (AvgIpc) is 2.83. The highest BCUT2D eigenvalue weighted by Gasteiger charge is 2.45. The van der Waals surface area contributed by atoms with Gasteiger partial charge < -0.3 is 5.73 Å². The highest BCUT2D eigenvalue weighted by molar-refractivity contribution is 7.88. The Morgan fingerprint density at radius 3 is 2.67 bits per heavy atom. The Labute approximate surface area is 109 Å². The number of hydrogen-bond acceptors (Lipinski definition) is 3. The minimum absolute atomic E-state index is 0.00874. The number of nitrogens with one attached hydrogen (secondary N) is 1. The highest BCUT2D eigenvalue weighted by atomic mass is 32.2. The monoisotopic (exact) mass is 268 g/mol. The molecule has 1 aliphatic rings. The maximum Gasteiger partial charge on any atom is 0.215 e. The van der Waals surface area contributed by atoms with Crippen LogP contribution in [0.3, 0.4) is 0 Å². The molecule has 1 fully saturated rings. The summed E-state index contributed by atoms with van der Waals surface area (Å²) in [4.78, 5) is 0. The summed E-state index contributed by atoms with van der Waals surface area (Å²) in [7, 11) is -3.26. The minimum Gasteiger partial charge on any atom is -0.399 e. The van der Waals surface area contributed by atoms with Gasteiger partial charge in [-0.15, -0.1) is 0 Å². The summed E-state index contributed by atoms with van der Waals surface area (Å²) >= 11 is 0. The Morgan fingerprint density at radius 1 is 1.44 bits per heavy atom. The van der Waals surface area contributed by atoms with Crippen LogP contribution in [0.15, 0.2) is 24.3 Å². The van der Waals surface area contributed by atoms with Crippen molar-refractivity contribution in [1.82, 2.24) is 4.72 Å². The molecule has 3 N–H and O–H groups in total. The van der Waals surface area contributed by atoms with E-state index in [1.807, 2.05) is 0 Å². The van der Waals surface area contributed by atoms with Crippen LogP contribution in [0.4, 0.5) is 5.69 Å². The van der Waals surface area contributed by atoms with Crippen molar-refractivity contribution in [1.29, 1.82) is 0 Å². The van der Waals surface area contributed by atoms with Crippen LogP contribution in [0.25, 0.3) is 0 Å². The average molecular weight is 268 g/mol. The molecule has 18 heavy (non-hydrogen) atoms. The molecule has 1 aromatic rings. The molecule has 5 heteroatoms. The van der Waals surface area contributed by atoms with Crippen LogP contribution >= 0.6 is 0 Å². The molecule has 0 radical (unpaired) electrons. The smallest absolute Gasteiger partial charge is 0.215 e. The molecule has 2 rings (SSSR count). The molecule has 0 heterocycles. The molecular weight excluding hydrogens is 248 g/mol. The third kappa shape index (κ3) is 3.46. The third-order valence-corrected chi connectivity index (χ3v) is 4.89. The third-order valence-electron chi connectivity index (χ3n) is 3.57. The first-order valence-corrected chi connectivity index (χ1v) is 7.75. The van der Waals surface area contributed by atoms with Gasteiger partial charge in [-0.1, -0.05) is 26.0 Å². The van der Waals surface area contributed by atoms with E-state index in [9.17, 15) is 8.42 Å². The number of rotatable bonds is 5. The number of benzene rings is 1. The lowest BCUT2D eigenvalue weighted by Gasteiger charge is -2.08. The standard InChI is InChI=1S/C13H20N2O2S/c1-13(2)7-11(13)8-15-18(16,17)9-10-4-3-5-12(14)6-10/h3-6,11,15H,7-9,14H2,1-2H3. The second-order valence-corrected chi connectivity index (χ2v) is 7.55. The van der Waals surface area contributed by atoms with Gasteiger partial charge in [0.1, 0.15) is 0 Å². The van der Waals surface area contributed by atoms with E-state index in [0.29, 0.717) is 23.6 Å². The van der Waals surface area contributed by atoms with Gasteiger partial charge in [0.05, 0.1) is 5.75 Å². The van der Waals surface area contributed by atoms with Crippen LogP contribution in [0, 0.1) is 11.3 Å². The first-order valence-electron chi connectivity index (χ1n) is 6.10. The zero-order valence-corrected chi connectivity index (χ0v) is 11.6. The van der Waals surface area contributed by atoms with Crippen LogP contribution in [-0.4, -0.2) is 15.0 Å². The molecule has 0 saturated heterocycles. The number of hydrogen-bond donors (Lipinski definition) is 2. The van der Waals surface area contributed by atoms with Gasteiger partial charge in [0.2, 0.25) is 10.0 Å². The molecule has 1 unspecified atom stereocenters. The fourth-order valence-electron chi connectivity index (χ4n) is 2.11. The van der Waals surface area contributed by atoms with Gasteiger partial charge in [-0.2, -0.15) is 0 Å². The van der Waals surface area contributed by atoms with Crippen molar-refractivity contribution in [3.8, 4) is 0 Å². The largest absolute Gasteiger partial charge is 0.399 e. The second kappa shape index (κ2) is 4.55. The SMILES string of the molecule is CC1(C)CC1CNS(=O)(=O)Cc1cccc(N)c1. The van der Waals surface area contributed by atoms with Crippen LogP contribution in [-0.2, 0) is 15.8 Å². The van der Waals surface area contributed by atoms with Crippen molar-refractivity contribution >= 4 is 15.7 Å². The molecule has 100 valence electrons. The van der Waals surface area contributed by atoms with Crippen LogP contribution in [0.5, 0.6) is 0 Å². The molecule has 0 bridgehead atoms. The quantitative estimate of drug-likeness (QED) is 0.799. The highest BCUT2D eigenvalue weighted by Crippen LogP contribution is 2.51. The Bertz CT molecular complexity index is 538. The fourth-order valence-corrected chi connectivity index (χ4v) is 3.28. The van der Waals surface area contributed by atoms with Gasteiger partial charge in [-0.3, -0.25) is 0 Å². The van der Waals surface area contributed by atoms with Crippen LogP contribution in [0.1, 0.15) is 25.8 Å². The van der Waals surface area contributed by atoms with Gasteiger partial charge >= 0.3 is 0 Å². The van der Waals surface area contributed by atoms with Gasteiger partial charge in [0.25, 0.3) is 0 Å². The zero-order valence-electron chi connectivity index (χ0n) is 10.8. The lowest BCUT2D eigenvalue weighted by molar-refractivity contribution is 0.537. The van der Waals surface area contributed by atoms with Crippen molar-refractivity contribution in [3.63, 3.8) is 0 Å². The molecule has 0 aromatic heterocycles. The Hall–Kier alpha value is -1.07. The van der Waals surface area contributed by atoms with Crippen molar-refractivity contribution < 1.29 is 8.42 Å². The molecule has 0 amide bonds. The number of sulfonamides is 1. The normalized spacial score (nSPS) is 21.8. The van der Waals surface area contributed by atoms with Crippen LogP contribution in [0.2, 0.25) is 0 Å². The topological polar surface area (TPSA) is 72.2 Å². The summed E-state index contributed by atoms with van der Waals surface area (Å²) in [5, 5.41) is 0. The first-order chi connectivity index (χ1) is 8.28. The van der Waals surface area contributed by atoms with E-state index in [1.165, 1.54) is 0 Å². The summed E-state index contributed by atoms with van der Waals surface area (Å²) in [6.07, 6.45) is 1.09. The Morgan fingerprint density at radius 2 is 2.11 bits per heavy atom. The van der Waals surface area contributed by atoms with Gasteiger partial charge in [-0.05, 0) is 35.4 Å². The summed E-state index contributed by atoms with van der Waals surface area (Å²) in [5.41, 5.74) is 7.23. The van der Waals surface area contributed by atoms with E-state index in [4.69, 9.17) is 5.73 Å². The van der Waals surface area contributed by atoms with Gasteiger partial charge in [-0.25, -0.2) is 13.1 Å².